The smallest absolute Gasteiger partial charge is 0.0815 e. The van der Waals surface area contributed by atoms with Gasteiger partial charge in [-0.2, -0.15) is 0 Å². The zero-order valence-corrected chi connectivity index (χ0v) is 17.4. The van der Waals surface area contributed by atoms with Crippen molar-refractivity contribution in [1.82, 2.24) is 0 Å². The number of terminal acetylenes is 1. The van der Waals surface area contributed by atoms with Crippen LogP contribution in [0.25, 0.3) is 0 Å². The first kappa shape index (κ1) is 17.2. The standard InChI is InChI=1S/C22H12N4.Zn/c1-2-14-9-21-12-19-6-5-17(24-19)10-15-3-4-16(23-15)11-18-7-8-20(25-18)13-22(14)26-21;/h1,3-13H;. The Labute approximate surface area is 169 Å². The SMILES string of the molecule is C#CC1=CC2=CC3=NC(=CC4=NC(=CC5=NC(=CC1=N2)C=C5)C=C4)C=C3.[Zn]. The number of rotatable bonds is 0. The van der Waals surface area contributed by atoms with Crippen LogP contribution in [0, 0.1) is 12.3 Å². The summed E-state index contributed by atoms with van der Waals surface area (Å²) in [5.41, 5.74) is 7.36. The molecule has 5 aliphatic rings. The van der Waals surface area contributed by atoms with Crippen LogP contribution in [-0.2, 0) is 19.5 Å². The molecule has 0 aliphatic carbocycles. The summed E-state index contributed by atoms with van der Waals surface area (Å²) in [7, 11) is 0. The molecule has 0 atom stereocenters. The predicted molar refractivity (Wildman–Crippen MR) is 106 cm³/mol. The molecule has 122 valence electrons. The molecule has 5 heterocycles. The van der Waals surface area contributed by atoms with E-state index >= 15 is 0 Å². The van der Waals surface area contributed by atoms with E-state index in [9.17, 15) is 0 Å². The van der Waals surface area contributed by atoms with E-state index in [1.165, 1.54) is 0 Å². The number of nitrogens with zero attached hydrogens (tertiary/aromatic N) is 4. The van der Waals surface area contributed by atoms with Gasteiger partial charge in [0.25, 0.3) is 0 Å². The predicted octanol–water partition coefficient (Wildman–Crippen LogP) is 3.58. The van der Waals surface area contributed by atoms with Gasteiger partial charge in [-0.3, -0.25) is 0 Å². The Bertz CT molecular complexity index is 1160. The first-order chi connectivity index (χ1) is 12.7. The van der Waals surface area contributed by atoms with Crippen LogP contribution in [-0.4, -0.2) is 22.8 Å². The molecule has 0 amide bonds. The quantitative estimate of drug-likeness (QED) is 0.443. The number of aliphatic imine (C=N–C) groups is 4. The van der Waals surface area contributed by atoms with Crippen molar-refractivity contribution in [3.8, 4) is 12.3 Å². The van der Waals surface area contributed by atoms with Gasteiger partial charge in [0.2, 0.25) is 0 Å². The van der Waals surface area contributed by atoms with Gasteiger partial charge >= 0.3 is 0 Å². The summed E-state index contributed by atoms with van der Waals surface area (Å²) in [6, 6.07) is 0. The number of fused-ring (bicyclic) bond motifs is 4. The van der Waals surface area contributed by atoms with Gasteiger partial charge in [-0.1, -0.05) is 5.92 Å². The summed E-state index contributed by atoms with van der Waals surface area (Å²) in [4.78, 5) is 18.4. The van der Waals surface area contributed by atoms with E-state index in [4.69, 9.17) is 6.42 Å². The van der Waals surface area contributed by atoms with Gasteiger partial charge in [-0.25, -0.2) is 20.0 Å². The van der Waals surface area contributed by atoms with Crippen LogP contribution in [0.3, 0.4) is 0 Å². The average molecular weight is 398 g/mol. The Morgan fingerprint density at radius 3 is 1.56 bits per heavy atom. The fourth-order valence-electron chi connectivity index (χ4n) is 3.01. The van der Waals surface area contributed by atoms with Gasteiger partial charge in [-0.15, -0.1) is 6.42 Å². The first-order valence-corrected chi connectivity index (χ1v) is 8.20. The molecular formula is C22H12N4Zn. The van der Waals surface area contributed by atoms with E-state index in [0.717, 1.165) is 51.2 Å². The van der Waals surface area contributed by atoms with Crippen LogP contribution in [0.5, 0.6) is 0 Å². The van der Waals surface area contributed by atoms with Gasteiger partial charge < -0.3 is 0 Å². The summed E-state index contributed by atoms with van der Waals surface area (Å²) in [5, 5.41) is 0. The molecule has 0 unspecified atom stereocenters. The molecule has 5 rings (SSSR count). The molecule has 0 saturated carbocycles. The maximum Gasteiger partial charge on any atom is 0.0815 e. The molecule has 0 fully saturated rings. The van der Waals surface area contributed by atoms with Crippen LogP contribution in [0.15, 0.2) is 115 Å². The molecule has 0 aromatic heterocycles. The third-order valence-electron chi connectivity index (χ3n) is 4.19. The van der Waals surface area contributed by atoms with Crippen molar-refractivity contribution in [1.29, 1.82) is 0 Å². The van der Waals surface area contributed by atoms with Crippen LogP contribution in [0.4, 0.5) is 0 Å². The van der Waals surface area contributed by atoms with Crippen molar-refractivity contribution in [2.75, 3.05) is 0 Å². The van der Waals surface area contributed by atoms with Gasteiger partial charge in [-0.05, 0) is 66.8 Å². The van der Waals surface area contributed by atoms with E-state index in [-0.39, 0.29) is 19.5 Å². The molecular weight excluding hydrogens is 386 g/mol. The van der Waals surface area contributed by atoms with Gasteiger partial charge in [0.05, 0.1) is 51.2 Å². The molecule has 0 spiro atoms. The van der Waals surface area contributed by atoms with Crippen molar-refractivity contribution in [3.05, 3.63) is 95.2 Å². The summed E-state index contributed by atoms with van der Waals surface area (Å²) in [6.45, 7) is 0. The second kappa shape index (κ2) is 6.83. The van der Waals surface area contributed by atoms with Crippen LogP contribution in [0.1, 0.15) is 0 Å². The first-order valence-electron chi connectivity index (χ1n) is 8.20. The zero-order valence-electron chi connectivity index (χ0n) is 14.4. The fourth-order valence-corrected chi connectivity index (χ4v) is 3.01. The van der Waals surface area contributed by atoms with Gasteiger partial charge in [0.1, 0.15) is 0 Å². The van der Waals surface area contributed by atoms with E-state index in [0.29, 0.717) is 0 Å². The second-order valence-electron chi connectivity index (χ2n) is 6.09. The molecule has 5 heteroatoms. The second-order valence-corrected chi connectivity index (χ2v) is 6.09. The van der Waals surface area contributed by atoms with E-state index in [1.54, 1.807) is 0 Å². The summed E-state index contributed by atoms with van der Waals surface area (Å²) >= 11 is 0. The number of hydrogen-bond donors (Lipinski definition) is 0. The molecule has 27 heavy (non-hydrogen) atoms. The van der Waals surface area contributed by atoms with E-state index in [2.05, 4.69) is 25.9 Å². The minimum Gasteiger partial charge on any atom is -0.249 e. The molecule has 0 N–H and O–H groups in total. The van der Waals surface area contributed by atoms with Crippen LogP contribution < -0.4 is 0 Å². The minimum absolute atomic E-state index is 0. The van der Waals surface area contributed by atoms with Crippen molar-refractivity contribution < 1.29 is 19.5 Å². The fraction of sp³-hybridized carbons (Fsp3) is 0. The zero-order chi connectivity index (χ0) is 17.5. The molecule has 0 saturated heterocycles. The Hall–Kier alpha value is -3.22. The molecule has 0 aromatic carbocycles. The molecule has 4 nitrogen and oxygen atoms in total. The van der Waals surface area contributed by atoms with E-state index < -0.39 is 0 Å². The topological polar surface area (TPSA) is 49.4 Å². The van der Waals surface area contributed by atoms with Crippen molar-refractivity contribution in [3.63, 3.8) is 0 Å². The molecule has 0 radical (unpaired) electrons. The van der Waals surface area contributed by atoms with E-state index in [1.807, 2.05) is 66.8 Å². The van der Waals surface area contributed by atoms with Gasteiger partial charge in [0.15, 0.2) is 0 Å². The number of hydrogen-bond acceptors (Lipinski definition) is 4. The Morgan fingerprint density at radius 1 is 0.556 bits per heavy atom. The van der Waals surface area contributed by atoms with Crippen molar-refractivity contribution >= 4 is 22.8 Å². The number of allylic oxidation sites excluding steroid dienone is 12. The summed E-state index contributed by atoms with van der Waals surface area (Å²) in [5.74, 6) is 2.69. The third-order valence-corrected chi connectivity index (χ3v) is 4.19. The molecule has 8 bridgehead atoms. The molecule has 5 aliphatic heterocycles. The maximum atomic E-state index is 5.64. The third kappa shape index (κ3) is 3.40. The Balaban J connectivity index is 0.00000180. The Morgan fingerprint density at radius 2 is 1.04 bits per heavy atom. The van der Waals surface area contributed by atoms with Crippen LogP contribution in [0.2, 0.25) is 0 Å². The van der Waals surface area contributed by atoms with Crippen molar-refractivity contribution in [2.24, 2.45) is 20.0 Å². The minimum atomic E-state index is 0. The summed E-state index contributed by atoms with van der Waals surface area (Å²) < 4.78 is 0. The Kier molecular flexibility index (Phi) is 4.35. The summed E-state index contributed by atoms with van der Waals surface area (Å²) in [6.07, 6.45) is 27.0. The molecule has 0 aromatic rings. The normalized spacial score (nSPS) is 21.1. The van der Waals surface area contributed by atoms with Crippen molar-refractivity contribution in [2.45, 2.75) is 0 Å². The van der Waals surface area contributed by atoms with Crippen LogP contribution >= 0.6 is 0 Å². The largest absolute Gasteiger partial charge is 0.249 e. The maximum absolute atomic E-state index is 5.64. The monoisotopic (exact) mass is 396 g/mol. The average Bonchev–Trinajstić information content (AvgIpc) is 3.39. The van der Waals surface area contributed by atoms with Gasteiger partial charge in [0, 0.05) is 19.5 Å².